The Hall–Kier alpha value is -1.33. The van der Waals surface area contributed by atoms with Gasteiger partial charge in [0.05, 0.1) is 15.2 Å². The van der Waals surface area contributed by atoms with Gasteiger partial charge < -0.3 is 10.6 Å². The Balaban J connectivity index is 2.28. The van der Waals surface area contributed by atoms with Crippen LogP contribution in [-0.4, -0.2) is 16.5 Å². The zero-order valence-electron chi connectivity index (χ0n) is 9.74. The van der Waals surface area contributed by atoms with E-state index in [1.54, 1.807) is 6.20 Å². The summed E-state index contributed by atoms with van der Waals surface area (Å²) in [5, 5.41) is 6.88. The molecule has 0 saturated heterocycles. The zero-order valence-corrected chi connectivity index (χ0v) is 12.1. The molecule has 2 aromatic rings. The fraction of sp³-hybridized carbons (Fsp3) is 0.167. The Morgan fingerprint density at radius 3 is 2.83 bits per heavy atom. The second-order valence-electron chi connectivity index (χ2n) is 3.53. The maximum absolute atomic E-state index is 6.09. The molecule has 18 heavy (non-hydrogen) atoms. The zero-order chi connectivity index (χ0) is 13.0. The van der Waals surface area contributed by atoms with E-state index in [1.807, 2.05) is 31.2 Å². The fourth-order valence-electron chi connectivity index (χ4n) is 1.39. The Morgan fingerprint density at radius 2 is 2.11 bits per heavy atom. The molecule has 0 spiro atoms. The summed E-state index contributed by atoms with van der Waals surface area (Å²) in [5.74, 6) is 1.25. The van der Waals surface area contributed by atoms with Gasteiger partial charge in [-0.15, -0.1) is 0 Å². The number of anilines is 3. The van der Waals surface area contributed by atoms with Crippen LogP contribution in [0.4, 0.5) is 17.5 Å². The molecule has 4 nitrogen and oxygen atoms in total. The summed E-state index contributed by atoms with van der Waals surface area (Å²) in [7, 11) is 0. The lowest BCUT2D eigenvalue weighted by molar-refractivity contribution is 1.08. The van der Waals surface area contributed by atoms with E-state index in [1.165, 1.54) is 0 Å². The first-order valence-electron chi connectivity index (χ1n) is 5.48. The van der Waals surface area contributed by atoms with E-state index in [9.17, 15) is 0 Å². The predicted molar refractivity (Wildman–Crippen MR) is 78.6 cm³/mol. The van der Waals surface area contributed by atoms with Crippen LogP contribution in [0.1, 0.15) is 6.92 Å². The summed E-state index contributed by atoms with van der Waals surface area (Å²) >= 11 is 9.50. The van der Waals surface area contributed by atoms with Gasteiger partial charge in [-0.3, -0.25) is 0 Å². The summed E-state index contributed by atoms with van der Waals surface area (Å²) in [6.45, 7) is 2.76. The highest BCUT2D eigenvalue weighted by molar-refractivity contribution is 9.10. The largest absolute Gasteiger partial charge is 0.354 e. The first kappa shape index (κ1) is 13.1. The SMILES string of the molecule is CCNc1ncc(Br)c(Nc2ccccc2Cl)n1. The van der Waals surface area contributed by atoms with Crippen molar-refractivity contribution in [1.29, 1.82) is 0 Å². The summed E-state index contributed by atoms with van der Waals surface area (Å²) < 4.78 is 0.782. The van der Waals surface area contributed by atoms with Crippen molar-refractivity contribution in [3.8, 4) is 0 Å². The summed E-state index contributed by atoms with van der Waals surface area (Å²) in [4.78, 5) is 8.51. The summed E-state index contributed by atoms with van der Waals surface area (Å²) in [6, 6.07) is 7.51. The number of benzene rings is 1. The van der Waals surface area contributed by atoms with Gasteiger partial charge in [0, 0.05) is 12.7 Å². The molecule has 0 amide bonds. The molecule has 0 aliphatic rings. The smallest absolute Gasteiger partial charge is 0.224 e. The van der Waals surface area contributed by atoms with Crippen molar-refractivity contribution >= 4 is 45.0 Å². The van der Waals surface area contributed by atoms with Crippen LogP contribution in [0, 0.1) is 0 Å². The van der Waals surface area contributed by atoms with E-state index in [0.29, 0.717) is 16.8 Å². The molecule has 0 saturated carbocycles. The third kappa shape index (κ3) is 3.11. The number of nitrogens with one attached hydrogen (secondary N) is 2. The van der Waals surface area contributed by atoms with Gasteiger partial charge in [0.15, 0.2) is 0 Å². The molecule has 0 radical (unpaired) electrons. The van der Waals surface area contributed by atoms with Crippen molar-refractivity contribution < 1.29 is 0 Å². The molecule has 2 rings (SSSR count). The molecule has 0 fully saturated rings. The first-order valence-corrected chi connectivity index (χ1v) is 6.65. The van der Waals surface area contributed by atoms with Crippen LogP contribution in [-0.2, 0) is 0 Å². The Morgan fingerprint density at radius 1 is 1.33 bits per heavy atom. The number of aromatic nitrogens is 2. The van der Waals surface area contributed by atoms with E-state index in [4.69, 9.17) is 11.6 Å². The molecule has 1 heterocycles. The molecule has 0 atom stereocenters. The van der Waals surface area contributed by atoms with Crippen LogP contribution in [0.25, 0.3) is 0 Å². The van der Waals surface area contributed by atoms with Crippen molar-refractivity contribution in [2.24, 2.45) is 0 Å². The number of rotatable bonds is 4. The topological polar surface area (TPSA) is 49.8 Å². The minimum absolute atomic E-state index is 0.579. The summed E-state index contributed by atoms with van der Waals surface area (Å²) in [6.07, 6.45) is 1.70. The van der Waals surface area contributed by atoms with Gasteiger partial charge >= 0.3 is 0 Å². The molecule has 2 N–H and O–H groups in total. The normalized spacial score (nSPS) is 10.2. The average molecular weight is 328 g/mol. The lowest BCUT2D eigenvalue weighted by atomic mass is 10.3. The molecule has 1 aromatic carbocycles. The lowest BCUT2D eigenvalue weighted by Crippen LogP contribution is -2.04. The number of halogens is 2. The Bertz CT molecular complexity index is 547. The van der Waals surface area contributed by atoms with Crippen LogP contribution < -0.4 is 10.6 Å². The van der Waals surface area contributed by atoms with Crippen molar-refractivity contribution in [3.63, 3.8) is 0 Å². The minimum atomic E-state index is 0.579. The van der Waals surface area contributed by atoms with E-state index in [-0.39, 0.29) is 0 Å². The van der Waals surface area contributed by atoms with E-state index in [0.717, 1.165) is 16.7 Å². The van der Waals surface area contributed by atoms with Crippen LogP contribution in [0.15, 0.2) is 34.9 Å². The second kappa shape index (κ2) is 6.02. The quantitative estimate of drug-likeness (QED) is 0.889. The van der Waals surface area contributed by atoms with E-state index < -0.39 is 0 Å². The molecular weight excluding hydrogens is 316 g/mol. The van der Waals surface area contributed by atoms with Crippen LogP contribution in [0.5, 0.6) is 0 Å². The van der Waals surface area contributed by atoms with Gasteiger partial charge in [0.2, 0.25) is 5.95 Å². The van der Waals surface area contributed by atoms with Crippen molar-refractivity contribution in [2.45, 2.75) is 6.92 Å². The highest BCUT2D eigenvalue weighted by Crippen LogP contribution is 2.28. The highest BCUT2D eigenvalue weighted by Gasteiger charge is 2.06. The molecular formula is C12H12BrClN4. The lowest BCUT2D eigenvalue weighted by Gasteiger charge is -2.10. The molecule has 0 unspecified atom stereocenters. The maximum Gasteiger partial charge on any atom is 0.224 e. The van der Waals surface area contributed by atoms with Crippen molar-refractivity contribution in [1.82, 2.24) is 9.97 Å². The van der Waals surface area contributed by atoms with Gasteiger partial charge in [0.25, 0.3) is 0 Å². The first-order chi connectivity index (χ1) is 8.70. The average Bonchev–Trinajstić information content (AvgIpc) is 2.36. The number of hydrogen-bond donors (Lipinski definition) is 2. The third-order valence-electron chi connectivity index (χ3n) is 2.21. The Kier molecular flexibility index (Phi) is 4.38. The number of hydrogen-bond acceptors (Lipinski definition) is 4. The van der Waals surface area contributed by atoms with Gasteiger partial charge in [-0.25, -0.2) is 4.98 Å². The standard InChI is InChI=1S/C12H12BrClN4/c1-2-15-12-16-7-8(13)11(18-12)17-10-6-4-3-5-9(10)14/h3-7H,2H2,1H3,(H2,15,16,17,18). The molecule has 0 aliphatic heterocycles. The van der Waals surface area contributed by atoms with Gasteiger partial charge in [-0.2, -0.15) is 4.98 Å². The molecule has 1 aromatic heterocycles. The number of nitrogens with zero attached hydrogens (tertiary/aromatic N) is 2. The highest BCUT2D eigenvalue weighted by atomic mass is 79.9. The predicted octanol–water partition coefficient (Wildman–Crippen LogP) is 4.07. The maximum atomic E-state index is 6.09. The van der Waals surface area contributed by atoms with Crippen LogP contribution in [0.3, 0.4) is 0 Å². The number of para-hydroxylation sites is 1. The van der Waals surface area contributed by atoms with Crippen LogP contribution in [0.2, 0.25) is 5.02 Å². The van der Waals surface area contributed by atoms with Gasteiger partial charge in [-0.05, 0) is 35.0 Å². The molecule has 0 aliphatic carbocycles. The summed E-state index contributed by atoms with van der Waals surface area (Å²) in [5.41, 5.74) is 0.806. The monoisotopic (exact) mass is 326 g/mol. The van der Waals surface area contributed by atoms with Crippen molar-refractivity contribution in [3.05, 3.63) is 40.0 Å². The van der Waals surface area contributed by atoms with Gasteiger partial charge in [-0.1, -0.05) is 23.7 Å². The Labute approximate surface area is 119 Å². The van der Waals surface area contributed by atoms with E-state index in [2.05, 4.69) is 36.5 Å². The molecule has 94 valence electrons. The minimum Gasteiger partial charge on any atom is -0.354 e. The second-order valence-corrected chi connectivity index (χ2v) is 4.79. The van der Waals surface area contributed by atoms with Crippen molar-refractivity contribution in [2.75, 3.05) is 17.2 Å². The molecule has 0 bridgehead atoms. The fourth-order valence-corrected chi connectivity index (χ4v) is 1.86. The van der Waals surface area contributed by atoms with Crippen LogP contribution >= 0.6 is 27.5 Å². The third-order valence-corrected chi connectivity index (χ3v) is 3.12. The van der Waals surface area contributed by atoms with Gasteiger partial charge in [0.1, 0.15) is 5.82 Å². The molecule has 6 heteroatoms. The van der Waals surface area contributed by atoms with E-state index >= 15 is 0 Å².